The summed E-state index contributed by atoms with van der Waals surface area (Å²) >= 11 is 0. The van der Waals surface area contributed by atoms with E-state index < -0.39 is 5.97 Å². The fourth-order valence-electron chi connectivity index (χ4n) is 0.571. The number of hydrogen-bond donors (Lipinski definition) is 0. The molecule has 1 aromatic rings. The van der Waals surface area contributed by atoms with Gasteiger partial charge in [0.1, 0.15) is 6.33 Å². The molecule has 0 N–H and O–H groups in total. The van der Waals surface area contributed by atoms with E-state index in [4.69, 9.17) is 0 Å². The maximum absolute atomic E-state index is 10.00. The summed E-state index contributed by atoms with van der Waals surface area (Å²) < 4.78 is 0. The molecule has 0 radical (unpaired) electrons. The molecule has 0 unspecified atom stereocenters. The summed E-state index contributed by atoms with van der Waals surface area (Å²) in [7, 11) is 0. The zero-order valence-electron chi connectivity index (χ0n) is 6.15. The van der Waals surface area contributed by atoms with E-state index in [2.05, 4.69) is 9.97 Å². The maximum Gasteiger partial charge on any atom is 1.00 e. The number of nitrogens with zero attached hydrogens (tertiary/aromatic N) is 2. The first-order valence-corrected chi connectivity index (χ1v) is 2.74. The minimum Gasteiger partial charge on any atom is -0.550 e. The predicted molar refractivity (Wildman–Crippen MR) is 30.7 cm³/mol. The van der Waals surface area contributed by atoms with Crippen molar-refractivity contribution < 1.29 is 39.5 Å². The Morgan fingerprint density at radius 3 is 2.82 bits per heavy atom. The predicted octanol–water partition coefficient (Wildman–Crippen LogP) is -4.23. The Kier molecular flexibility index (Phi) is 5.02. The minimum absolute atomic E-state index is 0. The molecule has 0 aromatic carbocycles. The molecule has 0 atom stereocenters. The van der Waals surface area contributed by atoms with E-state index in [1.807, 2.05) is 0 Å². The van der Waals surface area contributed by atoms with Crippen molar-refractivity contribution in [2.24, 2.45) is 0 Å². The van der Waals surface area contributed by atoms with Crippen molar-refractivity contribution in [1.82, 2.24) is 9.97 Å². The van der Waals surface area contributed by atoms with E-state index in [1.54, 1.807) is 0 Å². The number of hydrogen-bond acceptors (Lipinski definition) is 4. The number of carbonyl (C=O) groups is 1. The smallest absolute Gasteiger partial charge is 0.550 e. The molecule has 52 valence electrons. The fraction of sp³-hybridized carbons (Fsp3) is 0.167. The van der Waals surface area contributed by atoms with Crippen LogP contribution in [0, 0.1) is 0 Å². The number of carboxylic acid groups (broad SMARTS) is 1. The number of carbonyl (C=O) groups excluding carboxylic acids is 1. The number of aliphatic carboxylic acids is 1. The van der Waals surface area contributed by atoms with Gasteiger partial charge in [0.25, 0.3) is 0 Å². The molecule has 0 amide bonds. The molecule has 4 nitrogen and oxygen atoms in total. The van der Waals surface area contributed by atoms with Crippen LogP contribution in [-0.4, -0.2) is 15.9 Å². The van der Waals surface area contributed by atoms with Crippen molar-refractivity contribution in [3.8, 4) is 0 Å². The van der Waals surface area contributed by atoms with Gasteiger partial charge in [-0.3, -0.25) is 0 Å². The van der Waals surface area contributed by atoms with Crippen LogP contribution >= 0.6 is 0 Å². The van der Waals surface area contributed by atoms with Crippen LogP contribution in [0.1, 0.15) is 5.69 Å². The zero-order chi connectivity index (χ0) is 7.40. The molecule has 0 bridgehead atoms. The quantitative estimate of drug-likeness (QED) is 0.411. The van der Waals surface area contributed by atoms with Crippen LogP contribution in [-0.2, 0) is 11.2 Å². The molecule has 1 rings (SSSR count). The van der Waals surface area contributed by atoms with E-state index in [0.29, 0.717) is 5.69 Å². The molecule has 0 aliphatic heterocycles. The van der Waals surface area contributed by atoms with E-state index in [1.165, 1.54) is 18.6 Å². The second-order valence-electron chi connectivity index (χ2n) is 1.75. The molecule has 0 saturated heterocycles. The first-order chi connectivity index (χ1) is 4.79. The fourth-order valence-corrected chi connectivity index (χ4v) is 0.571. The summed E-state index contributed by atoms with van der Waals surface area (Å²) in [4.78, 5) is 17.3. The molecule has 5 heteroatoms. The Morgan fingerprint density at radius 1 is 1.64 bits per heavy atom. The van der Waals surface area contributed by atoms with Gasteiger partial charge in [-0.2, -0.15) is 0 Å². The molecule has 1 heterocycles. The van der Waals surface area contributed by atoms with Gasteiger partial charge < -0.3 is 9.90 Å². The zero-order valence-corrected chi connectivity index (χ0v) is 8.15. The van der Waals surface area contributed by atoms with Gasteiger partial charge in [0.05, 0.1) is 0 Å². The van der Waals surface area contributed by atoms with Gasteiger partial charge in [0.15, 0.2) is 0 Å². The van der Waals surface area contributed by atoms with Crippen molar-refractivity contribution in [1.29, 1.82) is 0 Å². The van der Waals surface area contributed by atoms with Gasteiger partial charge in [0, 0.05) is 24.3 Å². The van der Waals surface area contributed by atoms with Gasteiger partial charge in [0.2, 0.25) is 0 Å². The van der Waals surface area contributed by atoms with Crippen molar-refractivity contribution in [2.45, 2.75) is 6.42 Å². The Bertz CT molecular complexity index is 227. The molecule has 0 aliphatic rings. The maximum atomic E-state index is 10.00. The van der Waals surface area contributed by atoms with Crippen molar-refractivity contribution in [3.63, 3.8) is 0 Å². The standard InChI is InChI=1S/C6H6N2O2.Na/c9-6(10)3-5-1-2-7-4-8-5;/h1-2,4H,3H2,(H,9,10);/q;+1/p-1. The molecule has 0 saturated carbocycles. The van der Waals surface area contributed by atoms with Crippen molar-refractivity contribution >= 4 is 5.97 Å². The second kappa shape index (κ2) is 5.23. The molecule has 11 heavy (non-hydrogen) atoms. The van der Waals surface area contributed by atoms with Crippen LogP contribution in [0.15, 0.2) is 18.6 Å². The summed E-state index contributed by atoms with van der Waals surface area (Å²) in [5, 5.41) is 10.00. The van der Waals surface area contributed by atoms with E-state index in [9.17, 15) is 9.90 Å². The van der Waals surface area contributed by atoms with E-state index in [-0.39, 0.29) is 36.0 Å². The Morgan fingerprint density at radius 2 is 2.36 bits per heavy atom. The van der Waals surface area contributed by atoms with Crippen LogP contribution < -0.4 is 34.7 Å². The Balaban J connectivity index is 0.000001000. The van der Waals surface area contributed by atoms with Crippen LogP contribution in [0.25, 0.3) is 0 Å². The van der Waals surface area contributed by atoms with E-state index >= 15 is 0 Å². The summed E-state index contributed by atoms with van der Waals surface area (Å²) in [6.07, 6.45) is 2.64. The van der Waals surface area contributed by atoms with Crippen LogP contribution in [0.3, 0.4) is 0 Å². The molecular formula is C6H5N2NaO2. The average Bonchev–Trinajstić information content (AvgIpc) is 1.88. The van der Waals surface area contributed by atoms with Gasteiger partial charge >= 0.3 is 29.6 Å². The van der Waals surface area contributed by atoms with Gasteiger partial charge in [-0.1, -0.05) is 0 Å². The Labute approximate surface area is 86.0 Å². The molecule has 0 aliphatic carbocycles. The van der Waals surface area contributed by atoms with Crippen molar-refractivity contribution in [2.75, 3.05) is 0 Å². The third-order valence-corrected chi connectivity index (χ3v) is 0.969. The topological polar surface area (TPSA) is 65.9 Å². The van der Waals surface area contributed by atoms with E-state index in [0.717, 1.165) is 0 Å². The number of carboxylic acids is 1. The summed E-state index contributed by atoms with van der Waals surface area (Å²) in [6.45, 7) is 0. The van der Waals surface area contributed by atoms with Crippen LogP contribution in [0.4, 0.5) is 0 Å². The second-order valence-corrected chi connectivity index (χ2v) is 1.75. The third-order valence-electron chi connectivity index (χ3n) is 0.969. The van der Waals surface area contributed by atoms with Gasteiger partial charge in [-0.15, -0.1) is 0 Å². The third kappa shape index (κ3) is 4.08. The number of rotatable bonds is 2. The van der Waals surface area contributed by atoms with Crippen LogP contribution in [0.5, 0.6) is 0 Å². The average molecular weight is 160 g/mol. The molecule has 0 spiro atoms. The van der Waals surface area contributed by atoms with Crippen LogP contribution in [0.2, 0.25) is 0 Å². The summed E-state index contributed by atoms with van der Waals surface area (Å²) in [6, 6.07) is 1.54. The minimum atomic E-state index is -1.13. The summed E-state index contributed by atoms with van der Waals surface area (Å²) in [5.74, 6) is -1.13. The first kappa shape index (κ1) is 10.6. The monoisotopic (exact) mass is 160 g/mol. The Hall–Kier alpha value is -0.450. The largest absolute Gasteiger partial charge is 1.00 e. The molecule has 0 fully saturated rings. The SMILES string of the molecule is O=C([O-])Cc1ccncn1.[Na+]. The van der Waals surface area contributed by atoms with Crippen molar-refractivity contribution in [3.05, 3.63) is 24.3 Å². The summed E-state index contributed by atoms with van der Waals surface area (Å²) in [5.41, 5.74) is 0.468. The normalized spacial score (nSPS) is 8.36. The van der Waals surface area contributed by atoms with Gasteiger partial charge in [-0.05, 0) is 6.07 Å². The molecule has 1 aromatic heterocycles. The first-order valence-electron chi connectivity index (χ1n) is 2.74. The molecular weight excluding hydrogens is 155 g/mol. The number of aromatic nitrogens is 2. The van der Waals surface area contributed by atoms with Gasteiger partial charge in [-0.25, -0.2) is 9.97 Å².